The van der Waals surface area contributed by atoms with Gasteiger partial charge < -0.3 is 19.1 Å². The number of nitrogens with zero attached hydrogens (tertiary/aromatic N) is 2. The molecule has 284 valence electrons. The fraction of sp³-hybridized carbons (Fsp3) is 0.192. The molecule has 0 saturated carbocycles. The third kappa shape index (κ3) is 7.07. The lowest BCUT2D eigenvalue weighted by molar-refractivity contribution is 0.00578. The second-order valence-electron chi connectivity index (χ2n) is 16.6. The Balaban J connectivity index is 1.28. The van der Waals surface area contributed by atoms with Crippen LogP contribution >= 0.6 is 0 Å². The van der Waals surface area contributed by atoms with E-state index in [1.54, 1.807) is 0 Å². The highest BCUT2D eigenvalue weighted by atomic mass is 16.7. The van der Waals surface area contributed by atoms with Crippen LogP contribution in [-0.4, -0.2) is 18.3 Å². The van der Waals surface area contributed by atoms with E-state index in [9.17, 15) is 0 Å². The Kier molecular flexibility index (Phi) is 9.93. The van der Waals surface area contributed by atoms with Crippen molar-refractivity contribution < 1.29 is 9.31 Å². The fourth-order valence-electron chi connectivity index (χ4n) is 7.99. The quantitative estimate of drug-likeness (QED) is 0.109. The van der Waals surface area contributed by atoms with E-state index in [1.165, 1.54) is 33.4 Å². The summed E-state index contributed by atoms with van der Waals surface area (Å²) in [5.41, 5.74) is 13.4. The van der Waals surface area contributed by atoms with Gasteiger partial charge in [0.25, 0.3) is 0 Å². The smallest absolute Gasteiger partial charge is 0.399 e. The van der Waals surface area contributed by atoms with Gasteiger partial charge in [0.05, 0.1) is 22.6 Å². The highest BCUT2D eigenvalue weighted by Gasteiger charge is 2.52. The molecular formula is C52H51BN2O2. The number of rotatable bonds is 9. The molecule has 2 aliphatic rings. The van der Waals surface area contributed by atoms with Crippen molar-refractivity contribution in [2.45, 2.75) is 65.1 Å². The van der Waals surface area contributed by atoms with E-state index in [4.69, 9.17) is 9.31 Å². The molecule has 0 radical (unpaired) electrons. The summed E-state index contributed by atoms with van der Waals surface area (Å²) in [4.78, 5) is 4.71. The van der Waals surface area contributed by atoms with Crippen LogP contribution in [0.5, 0.6) is 0 Å². The second-order valence-corrected chi connectivity index (χ2v) is 16.6. The number of fused-ring (bicyclic) bond motifs is 2. The lowest BCUT2D eigenvalue weighted by atomic mass is 9.69. The van der Waals surface area contributed by atoms with Crippen LogP contribution in [0.4, 0.5) is 28.4 Å². The average Bonchev–Trinajstić information content (AvgIpc) is 3.46. The van der Waals surface area contributed by atoms with Crippen molar-refractivity contribution in [3.05, 3.63) is 199 Å². The normalized spacial score (nSPS) is 16.8. The number of hydrogen-bond donors (Lipinski definition) is 0. The van der Waals surface area contributed by atoms with E-state index >= 15 is 0 Å². The van der Waals surface area contributed by atoms with E-state index < -0.39 is 18.3 Å². The van der Waals surface area contributed by atoms with Gasteiger partial charge in [0.1, 0.15) is 0 Å². The number of allylic oxidation sites excluding steroid dienone is 4. The molecule has 2 heterocycles. The maximum Gasteiger partial charge on any atom is 0.494 e. The van der Waals surface area contributed by atoms with Gasteiger partial charge >= 0.3 is 7.12 Å². The highest BCUT2D eigenvalue weighted by molar-refractivity contribution is 6.62. The molecule has 0 unspecified atom stereocenters. The topological polar surface area (TPSA) is 24.9 Å². The molecule has 6 aromatic rings. The van der Waals surface area contributed by atoms with Crippen LogP contribution in [0.1, 0.15) is 65.2 Å². The molecule has 8 rings (SSSR count). The van der Waals surface area contributed by atoms with Gasteiger partial charge in [-0.3, -0.25) is 0 Å². The predicted octanol–water partition coefficient (Wildman–Crippen LogP) is 13.1. The third-order valence-corrected chi connectivity index (χ3v) is 12.1. The van der Waals surface area contributed by atoms with Crippen molar-refractivity contribution in [1.29, 1.82) is 0 Å². The molecule has 4 nitrogen and oxygen atoms in total. The Morgan fingerprint density at radius 2 is 1.12 bits per heavy atom. The van der Waals surface area contributed by atoms with Crippen molar-refractivity contribution >= 4 is 46.6 Å². The molecule has 6 aromatic carbocycles. The molecule has 0 atom stereocenters. The first-order chi connectivity index (χ1) is 27.4. The molecule has 1 saturated heterocycles. The minimum Gasteiger partial charge on any atom is -0.399 e. The van der Waals surface area contributed by atoms with Crippen molar-refractivity contribution in [3.8, 4) is 11.1 Å². The zero-order valence-electron chi connectivity index (χ0n) is 34.2. The zero-order chi connectivity index (χ0) is 40.0. The Morgan fingerprint density at radius 1 is 0.596 bits per heavy atom. The van der Waals surface area contributed by atoms with Gasteiger partial charge in [0, 0.05) is 28.2 Å². The van der Waals surface area contributed by atoms with Crippen LogP contribution < -0.4 is 15.3 Å². The maximum atomic E-state index is 6.57. The van der Waals surface area contributed by atoms with Gasteiger partial charge in [-0.2, -0.15) is 0 Å². The first kappa shape index (κ1) is 38.0. The molecule has 0 bridgehead atoms. The monoisotopic (exact) mass is 746 g/mol. The average molecular weight is 747 g/mol. The molecule has 0 aromatic heterocycles. The van der Waals surface area contributed by atoms with Crippen LogP contribution in [0.2, 0.25) is 0 Å². The van der Waals surface area contributed by atoms with Crippen molar-refractivity contribution in [2.24, 2.45) is 0 Å². The van der Waals surface area contributed by atoms with Gasteiger partial charge in [0.15, 0.2) is 0 Å². The maximum absolute atomic E-state index is 6.57. The fourth-order valence-corrected chi connectivity index (χ4v) is 7.99. The van der Waals surface area contributed by atoms with E-state index in [1.807, 2.05) is 6.08 Å². The summed E-state index contributed by atoms with van der Waals surface area (Å²) >= 11 is 0. The van der Waals surface area contributed by atoms with E-state index in [0.717, 1.165) is 39.6 Å². The van der Waals surface area contributed by atoms with Gasteiger partial charge in [-0.15, -0.1) is 0 Å². The SMILES string of the molecule is C=C/C(=C\C=C(/C)c1ccccc1)N(c1ccc(-c2ccccc2)cc1)c1ccc2c(c1)C(C)(C)c1cc(B3OC(C)(C)C(C)(C)O3)ccc1N2c1ccccc1. The van der Waals surface area contributed by atoms with Crippen molar-refractivity contribution in [3.63, 3.8) is 0 Å². The van der Waals surface area contributed by atoms with Crippen LogP contribution in [0.25, 0.3) is 16.7 Å². The van der Waals surface area contributed by atoms with E-state index in [2.05, 4.69) is 229 Å². The molecule has 0 aliphatic carbocycles. The minimum atomic E-state index is -0.462. The molecule has 57 heavy (non-hydrogen) atoms. The number of benzene rings is 6. The lowest BCUT2D eigenvalue weighted by Crippen LogP contribution is -2.41. The van der Waals surface area contributed by atoms with Gasteiger partial charge in [0.2, 0.25) is 0 Å². The lowest BCUT2D eigenvalue weighted by Gasteiger charge is -2.43. The first-order valence-electron chi connectivity index (χ1n) is 19.9. The van der Waals surface area contributed by atoms with Crippen molar-refractivity contribution in [1.82, 2.24) is 0 Å². The summed E-state index contributed by atoms with van der Waals surface area (Å²) in [7, 11) is -0.462. The van der Waals surface area contributed by atoms with Crippen molar-refractivity contribution in [2.75, 3.05) is 9.80 Å². The predicted molar refractivity (Wildman–Crippen MR) is 241 cm³/mol. The van der Waals surface area contributed by atoms with Crippen LogP contribution in [0, 0.1) is 0 Å². The van der Waals surface area contributed by atoms with Gasteiger partial charge in [-0.25, -0.2) is 0 Å². The number of hydrogen-bond acceptors (Lipinski definition) is 4. The summed E-state index contributed by atoms with van der Waals surface area (Å²) in [5.74, 6) is 0. The zero-order valence-corrected chi connectivity index (χ0v) is 34.2. The number of anilines is 5. The molecular weight excluding hydrogens is 695 g/mol. The Hall–Kier alpha value is -5.88. The van der Waals surface area contributed by atoms with Crippen LogP contribution in [-0.2, 0) is 14.7 Å². The summed E-state index contributed by atoms with van der Waals surface area (Å²) < 4.78 is 13.1. The molecule has 0 amide bonds. The molecule has 5 heteroatoms. The molecule has 2 aliphatic heterocycles. The second kappa shape index (κ2) is 14.9. The van der Waals surface area contributed by atoms with Crippen LogP contribution in [0.15, 0.2) is 182 Å². The highest BCUT2D eigenvalue weighted by Crippen LogP contribution is 2.53. The minimum absolute atomic E-state index is 0.379. The summed E-state index contributed by atoms with van der Waals surface area (Å²) in [6, 6.07) is 54.1. The summed E-state index contributed by atoms with van der Waals surface area (Å²) in [6.07, 6.45) is 6.31. The van der Waals surface area contributed by atoms with E-state index in [-0.39, 0.29) is 5.41 Å². The molecule has 0 spiro atoms. The Morgan fingerprint density at radius 3 is 1.74 bits per heavy atom. The largest absolute Gasteiger partial charge is 0.494 e. The summed E-state index contributed by atoms with van der Waals surface area (Å²) in [6.45, 7) is 19.6. The standard InChI is InChI=1S/C52H51BN2O2/c1-9-42(29-25-37(2)38-19-13-10-14-20-38)54(44-30-26-40(27-31-44)39-21-15-11-16-22-39)45-32-34-49-47(36-45)50(3,4)46-35-41(53-56-51(5,6)52(7,8)57-53)28-33-48(46)55(49)43-23-17-12-18-24-43/h9-36H,1H2,2-8H3/b37-25+,42-29+. The molecule has 0 N–H and O–H groups in total. The van der Waals surface area contributed by atoms with Gasteiger partial charge in [-0.05, 0) is 134 Å². The Bertz CT molecular complexity index is 2450. The number of para-hydroxylation sites is 1. The van der Waals surface area contributed by atoms with Gasteiger partial charge in [-0.1, -0.05) is 130 Å². The first-order valence-corrected chi connectivity index (χ1v) is 19.9. The Labute approximate surface area is 339 Å². The van der Waals surface area contributed by atoms with Crippen LogP contribution in [0.3, 0.4) is 0 Å². The summed E-state index contributed by atoms with van der Waals surface area (Å²) in [5, 5.41) is 0. The molecule has 1 fully saturated rings. The third-order valence-electron chi connectivity index (χ3n) is 12.1. The van der Waals surface area contributed by atoms with E-state index in [0.29, 0.717) is 0 Å².